The Bertz CT molecular complexity index is 819. The fraction of sp³-hybridized carbons (Fsp3) is 0.0500. The zero-order valence-corrected chi connectivity index (χ0v) is 12.9. The Balaban J connectivity index is 1.68. The molecule has 0 aliphatic rings. The second-order valence-corrected chi connectivity index (χ2v) is 5.22. The van der Waals surface area contributed by atoms with Crippen LogP contribution < -0.4 is 0 Å². The number of nitrogens with zero attached hydrogens (tertiary/aromatic N) is 3. The average Bonchev–Trinajstić information content (AvgIpc) is 2.60. The second-order valence-electron chi connectivity index (χ2n) is 5.22. The molecule has 0 bridgehead atoms. The molecule has 0 aliphatic carbocycles. The van der Waals surface area contributed by atoms with Crippen molar-refractivity contribution < 1.29 is 0 Å². The predicted molar refractivity (Wildman–Crippen MR) is 95.5 cm³/mol. The van der Waals surface area contributed by atoms with Gasteiger partial charge in [0.1, 0.15) is 0 Å². The molecule has 0 saturated heterocycles. The summed E-state index contributed by atoms with van der Waals surface area (Å²) in [5.74, 6) is 0. The third kappa shape index (κ3) is 4.45. The SMILES string of the molecule is Cc1cccc(N=Nc2ccc(N=Cc3ccccc3)cc2)c1. The van der Waals surface area contributed by atoms with Gasteiger partial charge in [0.05, 0.1) is 17.1 Å². The van der Waals surface area contributed by atoms with Crippen molar-refractivity contribution in [3.63, 3.8) is 0 Å². The fourth-order valence-corrected chi connectivity index (χ4v) is 2.10. The number of rotatable bonds is 4. The molecule has 0 atom stereocenters. The number of azo groups is 1. The normalized spacial score (nSPS) is 11.3. The summed E-state index contributed by atoms with van der Waals surface area (Å²) in [4.78, 5) is 4.45. The minimum atomic E-state index is 0.810. The van der Waals surface area contributed by atoms with E-state index >= 15 is 0 Å². The van der Waals surface area contributed by atoms with E-state index in [4.69, 9.17) is 0 Å². The molecule has 0 aromatic heterocycles. The highest BCUT2D eigenvalue weighted by atomic mass is 15.1. The molecule has 0 unspecified atom stereocenters. The lowest BCUT2D eigenvalue weighted by atomic mass is 10.2. The molecule has 112 valence electrons. The Morgan fingerprint density at radius 3 is 2.09 bits per heavy atom. The van der Waals surface area contributed by atoms with Gasteiger partial charge in [-0.25, -0.2) is 0 Å². The van der Waals surface area contributed by atoms with Crippen LogP contribution in [0, 0.1) is 6.92 Å². The van der Waals surface area contributed by atoms with Gasteiger partial charge in [-0.05, 0) is 54.4 Å². The minimum Gasteiger partial charge on any atom is -0.256 e. The molecule has 3 heteroatoms. The number of aryl methyl sites for hydroxylation is 1. The van der Waals surface area contributed by atoms with Crippen LogP contribution in [-0.2, 0) is 0 Å². The van der Waals surface area contributed by atoms with Crippen molar-refractivity contribution in [3.8, 4) is 0 Å². The highest BCUT2D eigenvalue weighted by Crippen LogP contribution is 2.22. The molecule has 3 aromatic carbocycles. The Kier molecular flexibility index (Phi) is 4.69. The summed E-state index contributed by atoms with van der Waals surface area (Å²) in [6, 6.07) is 25.7. The largest absolute Gasteiger partial charge is 0.256 e. The summed E-state index contributed by atoms with van der Waals surface area (Å²) in [6.07, 6.45) is 1.85. The van der Waals surface area contributed by atoms with Gasteiger partial charge in [-0.1, -0.05) is 42.5 Å². The van der Waals surface area contributed by atoms with Gasteiger partial charge < -0.3 is 0 Å². The van der Waals surface area contributed by atoms with E-state index in [1.54, 1.807) is 0 Å². The fourth-order valence-electron chi connectivity index (χ4n) is 2.10. The zero-order valence-electron chi connectivity index (χ0n) is 12.9. The Morgan fingerprint density at radius 1 is 0.652 bits per heavy atom. The van der Waals surface area contributed by atoms with E-state index < -0.39 is 0 Å². The number of hydrogen-bond donors (Lipinski definition) is 0. The minimum absolute atomic E-state index is 0.810. The van der Waals surface area contributed by atoms with Crippen LogP contribution in [0.3, 0.4) is 0 Å². The molecule has 0 N–H and O–H groups in total. The number of benzene rings is 3. The van der Waals surface area contributed by atoms with E-state index in [0.29, 0.717) is 0 Å². The van der Waals surface area contributed by atoms with Crippen molar-refractivity contribution in [2.45, 2.75) is 6.92 Å². The highest BCUT2D eigenvalue weighted by molar-refractivity contribution is 5.81. The summed E-state index contributed by atoms with van der Waals surface area (Å²) in [7, 11) is 0. The Hall–Kier alpha value is -3.07. The van der Waals surface area contributed by atoms with Gasteiger partial charge in [-0.3, -0.25) is 4.99 Å². The molecule has 0 radical (unpaired) electrons. The van der Waals surface area contributed by atoms with Crippen molar-refractivity contribution >= 4 is 23.3 Å². The lowest BCUT2D eigenvalue weighted by Crippen LogP contribution is -1.77. The molecule has 3 nitrogen and oxygen atoms in total. The Labute approximate surface area is 136 Å². The van der Waals surface area contributed by atoms with Crippen molar-refractivity contribution in [2.75, 3.05) is 0 Å². The first-order valence-corrected chi connectivity index (χ1v) is 7.47. The molecular formula is C20H17N3. The number of hydrogen-bond acceptors (Lipinski definition) is 3. The summed E-state index contributed by atoms with van der Waals surface area (Å²) < 4.78 is 0. The van der Waals surface area contributed by atoms with Gasteiger partial charge >= 0.3 is 0 Å². The van der Waals surface area contributed by atoms with Crippen LogP contribution in [0.25, 0.3) is 0 Å². The highest BCUT2D eigenvalue weighted by Gasteiger charge is 1.93. The van der Waals surface area contributed by atoms with E-state index in [9.17, 15) is 0 Å². The molecule has 3 aromatic rings. The molecule has 0 aliphatic heterocycles. The monoisotopic (exact) mass is 299 g/mol. The maximum atomic E-state index is 4.45. The van der Waals surface area contributed by atoms with Crippen LogP contribution in [0.15, 0.2) is 94.1 Å². The van der Waals surface area contributed by atoms with Gasteiger partial charge in [0.2, 0.25) is 0 Å². The third-order valence-corrected chi connectivity index (χ3v) is 3.29. The van der Waals surface area contributed by atoms with Gasteiger partial charge in [0.25, 0.3) is 0 Å². The smallest absolute Gasteiger partial charge is 0.0859 e. The van der Waals surface area contributed by atoms with Gasteiger partial charge in [0.15, 0.2) is 0 Å². The molecule has 23 heavy (non-hydrogen) atoms. The molecule has 0 amide bonds. The van der Waals surface area contributed by atoms with Crippen LogP contribution in [0.5, 0.6) is 0 Å². The second kappa shape index (κ2) is 7.27. The summed E-state index contributed by atoms with van der Waals surface area (Å²) in [5.41, 5.74) is 4.81. The molecule has 0 fully saturated rings. The van der Waals surface area contributed by atoms with Gasteiger partial charge in [0, 0.05) is 6.21 Å². The summed E-state index contributed by atoms with van der Waals surface area (Å²) in [5, 5.41) is 8.50. The van der Waals surface area contributed by atoms with E-state index in [1.165, 1.54) is 5.56 Å². The van der Waals surface area contributed by atoms with Crippen LogP contribution in [-0.4, -0.2) is 6.21 Å². The van der Waals surface area contributed by atoms with E-state index in [1.807, 2.05) is 92.0 Å². The standard InChI is InChI=1S/C20H17N3/c1-16-6-5-9-20(14-16)23-22-19-12-10-18(11-13-19)21-15-17-7-3-2-4-8-17/h2-15H,1H3. The first-order chi connectivity index (χ1) is 11.3. The van der Waals surface area contributed by atoms with Crippen molar-refractivity contribution in [3.05, 3.63) is 90.0 Å². The summed E-state index contributed by atoms with van der Waals surface area (Å²) >= 11 is 0. The van der Waals surface area contributed by atoms with Crippen molar-refractivity contribution in [1.82, 2.24) is 0 Å². The molecule has 0 spiro atoms. The van der Waals surface area contributed by atoms with E-state index in [-0.39, 0.29) is 0 Å². The lowest BCUT2D eigenvalue weighted by Gasteiger charge is -1.97. The van der Waals surface area contributed by atoms with Crippen LogP contribution >= 0.6 is 0 Å². The quantitative estimate of drug-likeness (QED) is 0.408. The predicted octanol–water partition coefficient (Wildman–Crippen LogP) is 6.16. The lowest BCUT2D eigenvalue weighted by molar-refractivity contribution is 1.22. The van der Waals surface area contributed by atoms with Gasteiger partial charge in [-0.15, -0.1) is 0 Å². The van der Waals surface area contributed by atoms with Gasteiger partial charge in [-0.2, -0.15) is 10.2 Å². The molecule has 3 rings (SSSR count). The third-order valence-electron chi connectivity index (χ3n) is 3.29. The molecule has 0 heterocycles. The Morgan fingerprint density at radius 2 is 1.35 bits per heavy atom. The topological polar surface area (TPSA) is 37.1 Å². The first-order valence-electron chi connectivity index (χ1n) is 7.47. The van der Waals surface area contributed by atoms with Crippen LogP contribution in [0.4, 0.5) is 17.1 Å². The molecule has 0 saturated carbocycles. The maximum absolute atomic E-state index is 4.45. The first kappa shape index (κ1) is 14.9. The van der Waals surface area contributed by atoms with E-state index in [0.717, 1.165) is 22.6 Å². The van der Waals surface area contributed by atoms with Crippen molar-refractivity contribution in [1.29, 1.82) is 0 Å². The maximum Gasteiger partial charge on any atom is 0.0859 e. The van der Waals surface area contributed by atoms with Crippen LogP contribution in [0.1, 0.15) is 11.1 Å². The van der Waals surface area contributed by atoms with Crippen molar-refractivity contribution in [2.24, 2.45) is 15.2 Å². The zero-order chi connectivity index (χ0) is 15.9. The molecular weight excluding hydrogens is 282 g/mol. The van der Waals surface area contributed by atoms with E-state index in [2.05, 4.69) is 15.2 Å². The summed E-state index contributed by atoms with van der Waals surface area (Å²) in [6.45, 7) is 2.04. The average molecular weight is 299 g/mol. The van der Waals surface area contributed by atoms with Crippen LogP contribution in [0.2, 0.25) is 0 Å². The number of aliphatic imine (C=N–C) groups is 1.